The summed E-state index contributed by atoms with van der Waals surface area (Å²) in [5.74, 6) is 0. The van der Waals surface area contributed by atoms with Crippen molar-refractivity contribution in [2.75, 3.05) is 6.61 Å². The maximum absolute atomic E-state index is 8.67. The van der Waals surface area contributed by atoms with E-state index in [0.29, 0.717) is 6.10 Å². The van der Waals surface area contributed by atoms with Crippen molar-refractivity contribution in [2.45, 2.75) is 59.7 Å². The molecule has 1 aliphatic rings. The molecule has 14 heavy (non-hydrogen) atoms. The van der Waals surface area contributed by atoms with Gasteiger partial charge in [0.25, 0.3) is 0 Å². The molecule has 1 heterocycles. The highest BCUT2D eigenvalue weighted by Crippen LogP contribution is 2.10. The van der Waals surface area contributed by atoms with Gasteiger partial charge in [-0.05, 0) is 19.3 Å². The molecule has 1 atom stereocenters. The molecule has 1 rings (SSSR count). The second-order valence-electron chi connectivity index (χ2n) is 2.83. The monoisotopic (exact) mass is 198 g/mol. The van der Waals surface area contributed by atoms with E-state index < -0.39 is 0 Å². The van der Waals surface area contributed by atoms with E-state index in [-0.39, 0.29) is 13.5 Å². The zero-order chi connectivity index (χ0) is 10.7. The lowest BCUT2D eigenvalue weighted by atomic mass is 9.81. The van der Waals surface area contributed by atoms with Crippen LogP contribution in [-0.2, 0) is 4.74 Å². The second-order valence-corrected chi connectivity index (χ2v) is 2.83. The third-order valence-electron chi connectivity index (χ3n) is 1.80. The van der Waals surface area contributed by atoms with E-state index in [1.165, 1.54) is 6.42 Å². The maximum Gasteiger partial charge on any atom is 0.0807 e. The van der Waals surface area contributed by atoms with E-state index in [9.17, 15) is 0 Å². The first-order chi connectivity index (χ1) is 6.24. The molecule has 4 radical (unpaired) electrons. The zero-order valence-corrected chi connectivity index (χ0v) is 8.99. The van der Waals surface area contributed by atoms with Gasteiger partial charge in [0.05, 0.1) is 18.8 Å². The van der Waals surface area contributed by atoms with Crippen LogP contribution in [0.2, 0.25) is 0 Å². The van der Waals surface area contributed by atoms with Gasteiger partial charge in [0.1, 0.15) is 0 Å². The molecule has 0 aliphatic carbocycles. The Morgan fingerprint density at radius 3 is 1.64 bits per heavy atom. The van der Waals surface area contributed by atoms with Crippen molar-refractivity contribution in [3.63, 3.8) is 0 Å². The van der Waals surface area contributed by atoms with Crippen molar-refractivity contribution in [3.05, 3.63) is 0 Å². The molecule has 0 aromatic rings. The summed E-state index contributed by atoms with van der Waals surface area (Å²) < 4.78 is 4.86. The van der Waals surface area contributed by atoms with Gasteiger partial charge in [-0.15, -0.1) is 0 Å². The first kappa shape index (κ1) is 19.6. The molecule has 0 spiro atoms. The molecule has 82 valence electrons. The SMILES string of the molecule is C.CCC(O)CC.CCC1CO1.[B][B]. The molecule has 1 saturated heterocycles. The lowest BCUT2D eigenvalue weighted by Crippen LogP contribution is -1.99. The van der Waals surface area contributed by atoms with Gasteiger partial charge in [0.2, 0.25) is 0 Å². The van der Waals surface area contributed by atoms with E-state index in [1.54, 1.807) is 0 Å². The fourth-order valence-corrected chi connectivity index (χ4v) is 0.592. The van der Waals surface area contributed by atoms with Gasteiger partial charge in [0.15, 0.2) is 0 Å². The number of ether oxygens (including phenoxy) is 1. The van der Waals surface area contributed by atoms with Crippen molar-refractivity contribution >= 4 is 15.5 Å². The van der Waals surface area contributed by atoms with Crippen molar-refractivity contribution < 1.29 is 9.84 Å². The van der Waals surface area contributed by atoms with Crippen molar-refractivity contribution in [3.8, 4) is 0 Å². The topological polar surface area (TPSA) is 32.8 Å². The summed E-state index contributed by atoms with van der Waals surface area (Å²) in [6, 6.07) is 0. The van der Waals surface area contributed by atoms with Gasteiger partial charge in [0, 0.05) is 15.5 Å². The largest absolute Gasteiger partial charge is 0.393 e. The quantitative estimate of drug-likeness (QED) is 0.554. The van der Waals surface area contributed by atoms with Crippen LogP contribution in [0.4, 0.5) is 0 Å². The predicted octanol–water partition coefficient (Wildman–Crippen LogP) is 1.84. The molecule has 4 heteroatoms. The van der Waals surface area contributed by atoms with Crippen LogP contribution in [0.5, 0.6) is 0 Å². The Kier molecular flexibility index (Phi) is 21.7. The highest BCUT2D eigenvalue weighted by atomic mass is 16.6. The molecule has 0 bridgehead atoms. The fraction of sp³-hybridized carbons (Fsp3) is 1.00. The van der Waals surface area contributed by atoms with Crippen LogP contribution in [-0.4, -0.2) is 39.4 Å². The van der Waals surface area contributed by atoms with Gasteiger partial charge >= 0.3 is 0 Å². The minimum absolute atomic E-state index is 0. The highest BCUT2D eigenvalue weighted by molar-refractivity contribution is 6.75. The number of epoxide rings is 1. The molecule has 2 nitrogen and oxygen atoms in total. The van der Waals surface area contributed by atoms with Crippen molar-refractivity contribution in [1.82, 2.24) is 0 Å². The first-order valence-corrected chi connectivity index (χ1v) is 4.87. The Hall–Kier alpha value is 0.0499. The van der Waals surface area contributed by atoms with E-state index in [0.717, 1.165) is 19.4 Å². The molecule has 1 unspecified atom stereocenters. The molecule has 1 aliphatic heterocycles. The summed E-state index contributed by atoms with van der Waals surface area (Å²) in [5.41, 5.74) is 0. The fourth-order valence-electron chi connectivity index (χ4n) is 0.592. The zero-order valence-electron chi connectivity index (χ0n) is 8.99. The first-order valence-electron chi connectivity index (χ1n) is 4.87. The van der Waals surface area contributed by atoms with Crippen LogP contribution in [0.3, 0.4) is 0 Å². The highest BCUT2D eigenvalue weighted by Gasteiger charge is 2.18. The van der Waals surface area contributed by atoms with Crippen LogP contribution in [0.25, 0.3) is 0 Å². The summed E-state index contributed by atoms with van der Waals surface area (Å²) in [5, 5.41) is 8.67. The number of aliphatic hydroxyl groups is 1. The average Bonchev–Trinajstić information content (AvgIpc) is 3.03. The summed E-state index contributed by atoms with van der Waals surface area (Å²) in [6.07, 6.45) is 3.53. The molecule has 1 N–H and O–H groups in total. The van der Waals surface area contributed by atoms with E-state index >= 15 is 0 Å². The minimum Gasteiger partial charge on any atom is -0.393 e. The maximum atomic E-state index is 8.67. The van der Waals surface area contributed by atoms with Gasteiger partial charge in [-0.2, -0.15) is 0 Å². The average molecular weight is 198 g/mol. The minimum atomic E-state index is -0.0648. The summed E-state index contributed by atoms with van der Waals surface area (Å²) in [4.78, 5) is 0. The van der Waals surface area contributed by atoms with Crippen LogP contribution in [0.1, 0.15) is 47.5 Å². The van der Waals surface area contributed by atoms with Crippen LogP contribution in [0, 0.1) is 0 Å². The van der Waals surface area contributed by atoms with E-state index in [1.807, 2.05) is 13.8 Å². The molecule has 1 fully saturated rings. The van der Waals surface area contributed by atoms with E-state index in [2.05, 4.69) is 22.4 Å². The Morgan fingerprint density at radius 2 is 1.64 bits per heavy atom. The molecular formula is C10H24B2O2. The molecule has 0 aromatic heterocycles. The molecule has 0 saturated carbocycles. The van der Waals surface area contributed by atoms with Crippen LogP contribution < -0.4 is 0 Å². The Labute approximate surface area is 92.2 Å². The lowest BCUT2D eigenvalue weighted by Gasteiger charge is -1.98. The lowest BCUT2D eigenvalue weighted by molar-refractivity contribution is 0.166. The van der Waals surface area contributed by atoms with Gasteiger partial charge in [-0.3, -0.25) is 0 Å². The summed E-state index contributed by atoms with van der Waals surface area (Å²) >= 11 is 0. The Morgan fingerprint density at radius 1 is 1.29 bits per heavy atom. The number of hydrogen-bond acceptors (Lipinski definition) is 2. The Balaban J connectivity index is -0.000000139. The number of hydrogen-bond donors (Lipinski definition) is 1. The third kappa shape index (κ3) is 18.0. The third-order valence-corrected chi connectivity index (χ3v) is 1.80. The normalized spacial score (nSPS) is 16.8. The molecule has 0 aromatic carbocycles. The molecule has 0 amide bonds. The van der Waals surface area contributed by atoms with Crippen molar-refractivity contribution in [2.24, 2.45) is 0 Å². The van der Waals surface area contributed by atoms with E-state index in [4.69, 9.17) is 9.84 Å². The van der Waals surface area contributed by atoms with Crippen molar-refractivity contribution in [1.29, 1.82) is 0 Å². The molecular weight excluding hydrogens is 174 g/mol. The predicted molar refractivity (Wildman–Crippen MR) is 64.9 cm³/mol. The number of aliphatic hydroxyl groups excluding tert-OH is 1. The smallest absolute Gasteiger partial charge is 0.0807 e. The van der Waals surface area contributed by atoms with Crippen LogP contribution in [0.15, 0.2) is 0 Å². The van der Waals surface area contributed by atoms with Gasteiger partial charge in [-0.1, -0.05) is 28.2 Å². The Bertz CT molecular complexity index is 84.2. The number of rotatable bonds is 3. The summed E-state index contributed by atoms with van der Waals surface area (Å²) in [7, 11) is 8.00. The summed E-state index contributed by atoms with van der Waals surface area (Å²) in [6.45, 7) is 7.11. The standard InChI is InChI=1S/C5H12O.C4H8O.CH4.B2/c1-3-5(6)4-2;1-2-4-3-5-4;;1-2/h5-6H,3-4H2,1-2H3;4H,2-3H2,1H3;1H4;. The van der Waals surface area contributed by atoms with Gasteiger partial charge < -0.3 is 9.84 Å². The second kappa shape index (κ2) is 15.5. The van der Waals surface area contributed by atoms with Gasteiger partial charge in [-0.25, -0.2) is 0 Å². The van der Waals surface area contributed by atoms with Crippen LogP contribution >= 0.6 is 0 Å².